The Morgan fingerprint density at radius 3 is 2.52 bits per heavy atom. The standard InChI is InChI=1S/C18H28N2O/c21-11-10-15-12-17(19-16-6-4-5-7-16)14-20(13-15)18-8-2-1-3-9-18/h1-3,8-9,15-17,19,21H,4-7,10-14H2. The number of anilines is 1. The molecule has 1 heterocycles. The molecule has 3 nitrogen and oxygen atoms in total. The van der Waals surface area contributed by atoms with Crippen LogP contribution in [0.1, 0.15) is 38.5 Å². The molecule has 1 aliphatic heterocycles. The summed E-state index contributed by atoms with van der Waals surface area (Å²) in [5.74, 6) is 0.600. The van der Waals surface area contributed by atoms with E-state index >= 15 is 0 Å². The van der Waals surface area contributed by atoms with E-state index in [1.165, 1.54) is 37.8 Å². The second kappa shape index (κ2) is 7.28. The lowest BCUT2D eigenvalue weighted by Crippen LogP contribution is -2.51. The number of rotatable bonds is 5. The number of aliphatic hydroxyl groups is 1. The SMILES string of the molecule is OCCC1CC(NC2CCCC2)CN(c2ccccc2)C1. The van der Waals surface area contributed by atoms with Crippen LogP contribution in [-0.2, 0) is 0 Å². The van der Waals surface area contributed by atoms with E-state index in [4.69, 9.17) is 0 Å². The van der Waals surface area contributed by atoms with Crippen LogP contribution in [-0.4, -0.2) is 36.9 Å². The minimum atomic E-state index is 0.309. The minimum absolute atomic E-state index is 0.309. The maximum atomic E-state index is 9.31. The molecule has 3 heteroatoms. The van der Waals surface area contributed by atoms with Crippen LogP contribution in [0.25, 0.3) is 0 Å². The van der Waals surface area contributed by atoms with Crippen LogP contribution in [0.5, 0.6) is 0 Å². The molecule has 0 bridgehead atoms. The second-order valence-electron chi connectivity index (χ2n) is 6.70. The first-order valence-electron chi connectivity index (χ1n) is 8.52. The fourth-order valence-corrected chi connectivity index (χ4v) is 3.99. The van der Waals surface area contributed by atoms with E-state index < -0.39 is 0 Å². The third-order valence-electron chi connectivity index (χ3n) is 5.02. The molecular formula is C18H28N2O. The number of hydrogen-bond acceptors (Lipinski definition) is 3. The summed E-state index contributed by atoms with van der Waals surface area (Å²) in [5.41, 5.74) is 1.32. The third-order valence-corrected chi connectivity index (χ3v) is 5.02. The van der Waals surface area contributed by atoms with Crippen molar-refractivity contribution < 1.29 is 5.11 Å². The zero-order valence-corrected chi connectivity index (χ0v) is 12.9. The number of nitrogens with zero attached hydrogens (tertiary/aromatic N) is 1. The smallest absolute Gasteiger partial charge is 0.0434 e. The van der Waals surface area contributed by atoms with Crippen molar-refractivity contribution in [1.82, 2.24) is 5.32 Å². The number of piperidine rings is 1. The molecule has 2 aliphatic rings. The molecule has 1 aliphatic carbocycles. The number of aliphatic hydroxyl groups excluding tert-OH is 1. The molecule has 3 rings (SSSR count). The lowest BCUT2D eigenvalue weighted by Gasteiger charge is -2.40. The van der Waals surface area contributed by atoms with Gasteiger partial charge in [0.2, 0.25) is 0 Å². The molecule has 2 atom stereocenters. The quantitative estimate of drug-likeness (QED) is 0.874. The van der Waals surface area contributed by atoms with Crippen molar-refractivity contribution in [3.8, 4) is 0 Å². The van der Waals surface area contributed by atoms with Crippen molar-refractivity contribution in [2.75, 3.05) is 24.6 Å². The van der Waals surface area contributed by atoms with Crippen LogP contribution in [0.3, 0.4) is 0 Å². The summed E-state index contributed by atoms with van der Waals surface area (Å²) >= 11 is 0. The molecule has 116 valence electrons. The van der Waals surface area contributed by atoms with Crippen molar-refractivity contribution in [3.05, 3.63) is 30.3 Å². The van der Waals surface area contributed by atoms with Crippen molar-refractivity contribution in [2.24, 2.45) is 5.92 Å². The predicted octanol–water partition coefficient (Wildman–Crippen LogP) is 2.80. The van der Waals surface area contributed by atoms with Gasteiger partial charge in [0.15, 0.2) is 0 Å². The van der Waals surface area contributed by atoms with E-state index in [-0.39, 0.29) is 0 Å². The molecule has 1 saturated heterocycles. The molecule has 2 fully saturated rings. The largest absolute Gasteiger partial charge is 0.396 e. The van der Waals surface area contributed by atoms with Crippen LogP contribution in [0.2, 0.25) is 0 Å². The Kier molecular flexibility index (Phi) is 5.15. The monoisotopic (exact) mass is 288 g/mol. The Balaban J connectivity index is 1.65. The van der Waals surface area contributed by atoms with Crippen LogP contribution in [0, 0.1) is 5.92 Å². The van der Waals surface area contributed by atoms with Gasteiger partial charge in [0.05, 0.1) is 0 Å². The molecule has 0 amide bonds. The molecule has 2 unspecified atom stereocenters. The highest BCUT2D eigenvalue weighted by atomic mass is 16.3. The van der Waals surface area contributed by atoms with E-state index in [0.29, 0.717) is 18.6 Å². The van der Waals surface area contributed by atoms with Gasteiger partial charge in [-0.25, -0.2) is 0 Å². The van der Waals surface area contributed by atoms with Crippen LogP contribution in [0.15, 0.2) is 30.3 Å². The summed E-state index contributed by atoms with van der Waals surface area (Å²) in [7, 11) is 0. The Morgan fingerprint density at radius 1 is 1.05 bits per heavy atom. The zero-order chi connectivity index (χ0) is 14.5. The fourth-order valence-electron chi connectivity index (χ4n) is 3.99. The van der Waals surface area contributed by atoms with Crippen molar-refractivity contribution in [2.45, 2.75) is 50.6 Å². The van der Waals surface area contributed by atoms with Gasteiger partial charge in [0.25, 0.3) is 0 Å². The Bertz CT molecular complexity index is 416. The van der Waals surface area contributed by atoms with Gasteiger partial charge in [0.1, 0.15) is 0 Å². The summed E-state index contributed by atoms with van der Waals surface area (Å²) < 4.78 is 0. The summed E-state index contributed by atoms with van der Waals surface area (Å²) in [6.45, 7) is 2.49. The summed E-state index contributed by atoms with van der Waals surface area (Å²) in [6, 6.07) is 12.0. The first kappa shape index (κ1) is 14.9. The number of benzene rings is 1. The Hall–Kier alpha value is -1.06. The molecule has 1 aromatic carbocycles. The summed E-state index contributed by atoms with van der Waals surface area (Å²) in [4.78, 5) is 2.50. The van der Waals surface area contributed by atoms with Gasteiger partial charge in [-0.15, -0.1) is 0 Å². The van der Waals surface area contributed by atoms with E-state index in [9.17, 15) is 5.11 Å². The summed E-state index contributed by atoms with van der Waals surface area (Å²) in [5, 5.41) is 13.2. The number of hydrogen-bond donors (Lipinski definition) is 2. The van der Waals surface area contributed by atoms with E-state index in [0.717, 1.165) is 25.6 Å². The normalized spacial score (nSPS) is 27.2. The predicted molar refractivity (Wildman–Crippen MR) is 87.6 cm³/mol. The van der Waals surface area contributed by atoms with Gasteiger partial charge in [-0.1, -0.05) is 31.0 Å². The second-order valence-corrected chi connectivity index (χ2v) is 6.70. The van der Waals surface area contributed by atoms with Gasteiger partial charge < -0.3 is 15.3 Å². The molecular weight excluding hydrogens is 260 g/mol. The van der Waals surface area contributed by atoms with Gasteiger partial charge in [-0.2, -0.15) is 0 Å². The van der Waals surface area contributed by atoms with Gasteiger partial charge in [-0.05, 0) is 43.7 Å². The first-order valence-corrected chi connectivity index (χ1v) is 8.52. The highest BCUT2D eigenvalue weighted by Crippen LogP contribution is 2.27. The summed E-state index contributed by atoms with van der Waals surface area (Å²) in [6.07, 6.45) is 7.57. The average Bonchev–Trinajstić information content (AvgIpc) is 3.01. The molecule has 0 spiro atoms. The maximum absolute atomic E-state index is 9.31. The Labute approximate surface area is 128 Å². The van der Waals surface area contributed by atoms with Gasteiger partial charge in [-0.3, -0.25) is 0 Å². The minimum Gasteiger partial charge on any atom is -0.396 e. The highest BCUT2D eigenvalue weighted by molar-refractivity contribution is 5.46. The molecule has 0 radical (unpaired) electrons. The zero-order valence-electron chi connectivity index (χ0n) is 12.9. The van der Waals surface area contributed by atoms with Crippen molar-refractivity contribution in [3.63, 3.8) is 0 Å². The van der Waals surface area contributed by atoms with Gasteiger partial charge in [0, 0.05) is 37.5 Å². The third kappa shape index (κ3) is 3.98. The van der Waals surface area contributed by atoms with Crippen molar-refractivity contribution in [1.29, 1.82) is 0 Å². The van der Waals surface area contributed by atoms with Crippen LogP contribution >= 0.6 is 0 Å². The molecule has 0 aromatic heterocycles. The highest BCUT2D eigenvalue weighted by Gasteiger charge is 2.29. The molecule has 2 N–H and O–H groups in total. The maximum Gasteiger partial charge on any atom is 0.0434 e. The lowest BCUT2D eigenvalue weighted by atomic mass is 9.90. The first-order chi connectivity index (χ1) is 10.3. The van der Waals surface area contributed by atoms with E-state index in [1.807, 2.05) is 0 Å². The molecule has 1 saturated carbocycles. The fraction of sp³-hybridized carbons (Fsp3) is 0.667. The van der Waals surface area contributed by atoms with Crippen LogP contribution in [0.4, 0.5) is 5.69 Å². The molecule has 21 heavy (non-hydrogen) atoms. The lowest BCUT2D eigenvalue weighted by molar-refractivity contribution is 0.226. The molecule has 1 aromatic rings. The number of nitrogens with one attached hydrogen (secondary N) is 1. The van der Waals surface area contributed by atoms with Crippen molar-refractivity contribution >= 4 is 5.69 Å². The Morgan fingerprint density at radius 2 is 1.81 bits per heavy atom. The average molecular weight is 288 g/mol. The van der Waals surface area contributed by atoms with Gasteiger partial charge >= 0.3 is 0 Å². The number of para-hydroxylation sites is 1. The van der Waals surface area contributed by atoms with Crippen LogP contribution < -0.4 is 10.2 Å². The van der Waals surface area contributed by atoms with E-state index in [1.54, 1.807) is 0 Å². The van der Waals surface area contributed by atoms with E-state index in [2.05, 4.69) is 40.5 Å². The topological polar surface area (TPSA) is 35.5 Å².